The zero-order valence-corrected chi connectivity index (χ0v) is 9.17. The zero-order valence-electron chi connectivity index (χ0n) is 9.17. The standard InChI is InChI=1S/C10H12N2O5/c1-12-7(13)3-6(9(12)15)11-8(14)4-2-5(4)10(16)17/h4-6H,2-3H2,1H3,(H,11,14)(H,16,17). The van der Waals surface area contributed by atoms with E-state index in [9.17, 15) is 19.2 Å². The van der Waals surface area contributed by atoms with E-state index in [0.29, 0.717) is 6.42 Å². The molecule has 3 amide bonds. The summed E-state index contributed by atoms with van der Waals surface area (Å²) in [4.78, 5) is 45.8. The van der Waals surface area contributed by atoms with Crippen molar-refractivity contribution in [3.8, 4) is 0 Å². The van der Waals surface area contributed by atoms with Crippen LogP contribution in [-0.4, -0.2) is 46.8 Å². The number of aliphatic carboxylic acids is 1. The third-order valence-electron chi connectivity index (χ3n) is 3.14. The maximum absolute atomic E-state index is 11.6. The van der Waals surface area contributed by atoms with Crippen molar-refractivity contribution in [2.45, 2.75) is 18.9 Å². The van der Waals surface area contributed by atoms with Crippen LogP contribution in [-0.2, 0) is 19.2 Å². The fourth-order valence-electron chi connectivity index (χ4n) is 1.90. The van der Waals surface area contributed by atoms with Crippen LogP contribution in [0.25, 0.3) is 0 Å². The minimum Gasteiger partial charge on any atom is -0.481 e. The van der Waals surface area contributed by atoms with Gasteiger partial charge in [0.25, 0.3) is 5.91 Å². The Balaban J connectivity index is 1.91. The fourth-order valence-corrected chi connectivity index (χ4v) is 1.90. The first kappa shape index (κ1) is 11.6. The van der Waals surface area contributed by atoms with Crippen molar-refractivity contribution in [2.75, 3.05) is 7.05 Å². The maximum Gasteiger partial charge on any atom is 0.307 e. The van der Waals surface area contributed by atoms with E-state index in [2.05, 4.69) is 5.32 Å². The second-order valence-corrected chi connectivity index (χ2v) is 4.34. The van der Waals surface area contributed by atoms with Crippen LogP contribution in [0.5, 0.6) is 0 Å². The van der Waals surface area contributed by atoms with E-state index in [4.69, 9.17) is 5.11 Å². The van der Waals surface area contributed by atoms with Gasteiger partial charge in [0.05, 0.1) is 18.3 Å². The molecule has 1 saturated heterocycles. The smallest absolute Gasteiger partial charge is 0.307 e. The number of carbonyl (C=O) groups excluding carboxylic acids is 3. The molecule has 7 nitrogen and oxygen atoms in total. The minimum atomic E-state index is -1.00. The molecule has 2 rings (SSSR count). The van der Waals surface area contributed by atoms with Gasteiger partial charge in [-0.1, -0.05) is 0 Å². The van der Waals surface area contributed by atoms with E-state index >= 15 is 0 Å². The highest BCUT2D eigenvalue weighted by atomic mass is 16.4. The summed E-state index contributed by atoms with van der Waals surface area (Å²) in [5.41, 5.74) is 0. The predicted octanol–water partition coefficient (Wildman–Crippen LogP) is -1.42. The molecule has 1 heterocycles. The fraction of sp³-hybridized carbons (Fsp3) is 0.600. The molecule has 92 valence electrons. The molecule has 0 aromatic heterocycles. The van der Waals surface area contributed by atoms with Gasteiger partial charge in [-0.15, -0.1) is 0 Å². The summed E-state index contributed by atoms with van der Waals surface area (Å²) < 4.78 is 0. The molecule has 0 spiro atoms. The van der Waals surface area contributed by atoms with E-state index in [1.807, 2.05) is 0 Å². The number of rotatable bonds is 3. The quantitative estimate of drug-likeness (QED) is 0.589. The van der Waals surface area contributed by atoms with Crippen LogP contribution < -0.4 is 5.32 Å². The van der Waals surface area contributed by atoms with Gasteiger partial charge in [-0.2, -0.15) is 0 Å². The Morgan fingerprint density at radius 1 is 1.35 bits per heavy atom. The van der Waals surface area contributed by atoms with Crippen LogP contribution >= 0.6 is 0 Å². The van der Waals surface area contributed by atoms with Crippen molar-refractivity contribution in [3.05, 3.63) is 0 Å². The van der Waals surface area contributed by atoms with Gasteiger partial charge in [-0.05, 0) is 6.42 Å². The third-order valence-corrected chi connectivity index (χ3v) is 3.14. The van der Waals surface area contributed by atoms with Crippen molar-refractivity contribution in [3.63, 3.8) is 0 Å². The number of hydrogen-bond acceptors (Lipinski definition) is 4. The van der Waals surface area contributed by atoms with Crippen LogP contribution in [0.2, 0.25) is 0 Å². The lowest BCUT2D eigenvalue weighted by molar-refractivity contribution is -0.140. The van der Waals surface area contributed by atoms with Gasteiger partial charge in [0.15, 0.2) is 0 Å². The van der Waals surface area contributed by atoms with Crippen LogP contribution in [0, 0.1) is 11.8 Å². The van der Waals surface area contributed by atoms with Gasteiger partial charge in [0, 0.05) is 7.05 Å². The number of imide groups is 1. The molecule has 1 saturated carbocycles. The number of hydrogen-bond donors (Lipinski definition) is 2. The number of carboxylic acids is 1. The summed E-state index contributed by atoms with van der Waals surface area (Å²) in [6, 6.07) is -0.838. The molecule has 0 bridgehead atoms. The van der Waals surface area contributed by atoms with Crippen molar-refractivity contribution in [1.82, 2.24) is 10.2 Å². The average molecular weight is 240 g/mol. The summed E-state index contributed by atoms with van der Waals surface area (Å²) in [5.74, 6) is -3.47. The molecule has 7 heteroatoms. The Hall–Kier alpha value is -1.92. The molecule has 2 fully saturated rings. The Labute approximate surface area is 96.8 Å². The molecule has 0 radical (unpaired) electrons. The summed E-state index contributed by atoms with van der Waals surface area (Å²) in [6.07, 6.45) is 0.247. The normalized spacial score (nSPS) is 31.6. The number of nitrogens with zero attached hydrogens (tertiary/aromatic N) is 1. The highest BCUT2D eigenvalue weighted by Crippen LogP contribution is 2.38. The van der Waals surface area contributed by atoms with Crippen molar-refractivity contribution in [2.24, 2.45) is 11.8 Å². The second-order valence-electron chi connectivity index (χ2n) is 4.34. The Morgan fingerprint density at radius 2 is 2.00 bits per heavy atom. The number of likely N-dealkylation sites (tertiary alicyclic amines) is 1. The van der Waals surface area contributed by atoms with Gasteiger partial charge in [0.1, 0.15) is 6.04 Å². The molecule has 0 aromatic carbocycles. The van der Waals surface area contributed by atoms with Crippen molar-refractivity contribution in [1.29, 1.82) is 0 Å². The molecule has 0 aromatic rings. The largest absolute Gasteiger partial charge is 0.481 e. The molecule has 3 unspecified atom stereocenters. The van der Waals surface area contributed by atoms with Gasteiger partial charge < -0.3 is 10.4 Å². The number of carbonyl (C=O) groups is 4. The molecule has 2 aliphatic rings. The first-order valence-electron chi connectivity index (χ1n) is 5.25. The minimum absolute atomic E-state index is 0.0501. The summed E-state index contributed by atoms with van der Waals surface area (Å²) >= 11 is 0. The molecular weight excluding hydrogens is 228 g/mol. The lowest BCUT2D eigenvalue weighted by Gasteiger charge is -2.10. The van der Waals surface area contributed by atoms with Gasteiger partial charge >= 0.3 is 5.97 Å². The topological polar surface area (TPSA) is 104 Å². The van der Waals surface area contributed by atoms with Crippen LogP contribution in [0.15, 0.2) is 0 Å². The van der Waals surface area contributed by atoms with E-state index in [1.165, 1.54) is 7.05 Å². The Morgan fingerprint density at radius 3 is 2.41 bits per heavy atom. The van der Waals surface area contributed by atoms with Gasteiger partial charge in [0.2, 0.25) is 11.8 Å². The van der Waals surface area contributed by atoms with Crippen LogP contribution in [0.4, 0.5) is 0 Å². The van der Waals surface area contributed by atoms with Gasteiger partial charge in [-0.3, -0.25) is 24.1 Å². The van der Waals surface area contributed by atoms with Crippen LogP contribution in [0.3, 0.4) is 0 Å². The molecule has 1 aliphatic heterocycles. The van der Waals surface area contributed by atoms with E-state index in [-0.39, 0.29) is 12.3 Å². The number of likely N-dealkylation sites (N-methyl/N-ethyl adjacent to an activating group) is 1. The highest BCUT2D eigenvalue weighted by Gasteiger charge is 2.49. The average Bonchev–Trinajstić information content (AvgIpc) is 3.01. The molecule has 3 atom stereocenters. The summed E-state index contributed by atoms with van der Waals surface area (Å²) in [6.45, 7) is 0. The SMILES string of the molecule is CN1C(=O)CC(NC(=O)C2CC2C(=O)O)C1=O. The molecule has 17 heavy (non-hydrogen) atoms. The summed E-state index contributed by atoms with van der Waals surface area (Å²) in [7, 11) is 1.36. The number of nitrogens with one attached hydrogen (secondary N) is 1. The molecule has 2 N–H and O–H groups in total. The van der Waals surface area contributed by atoms with Crippen molar-refractivity contribution < 1.29 is 24.3 Å². The number of amides is 3. The van der Waals surface area contributed by atoms with E-state index in [1.54, 1.807) is 0 Å². The maximum atomic E-state index is 11.6. The van der Waals surface area contributed by atoms with Crippen LogP contribution in [0.1, 0.15) is 12.8 Å². The van der Waals surface area contributed by atoms with E-state index < -0.39 is 35.7 Å². The van der Waals surface area contributed by atoms with Crippen molar-refractivity contribution >= 4 is 23.7 Å². The first-order chi connectivity index (χ1) is 7.91. The number of carboxylic acid groups (broad SMARTS) is 1. The third kappa shape index (κ3) is 2.00. The monoisotopic (exact) mass is 240 g/mol. The molecule has 1 aliphatic carbocycles. The lowest BCUT2D eigenvalue weighted by Crippen LogP contribution is -2.41. The Kier molecular flexibility index (Phi) is 2.60. The highest BCUT2D eigenvalue weighted by molar-refractivity contribution is 6.07. The lowest BCUT2D eigenvalue weighted by atomic mass is 10.2. The second kappa shape index (κ2) is 3.83. The van der Waals surface area contributed by atoms with E-state index in [0.717, 1.165) is 4.90 Å². The molecular formula is C10H12N2O5. The summed E-state index contributed by atoms with van der Waals surface area (Å²) in [5, 5.41) is 11.1. The zero-order chi connectivity index (χ0) is 12.7. The predicted molar refractivity (Wildman–Crippen MR) is 53.6 cm³/mol. The Bertz CT molecular complexity index is 419. The first-order valence-corrected chi connectivity index (χ1v) is 5.25. The van der Waals surface area contributed by atoms with Gasteiger partial charge in [-0.25, -0.2) is 0 Å².